The number of hydrogen-bond donors (Lipinski definition) is 1. The third-order valence-electron chi connectivity index (χ3n) is 3.36. The first-order valence-electron chi connectivity index (χ1n) is 5.99. The van der Waals surface area contributed by atoms with Crippen LogP contribution < -0.4 is 5.73 Å². The van der Waals surface area contributed by atoms with Gasteiger partial charge in [-0.15, -0.1) is 0 Å². The van der Waals surface area contributed by atoms with Crippen molar-refractivity contribution in [3.05, 3.63) is 36.2 Å². The van der Waals surface area contributed by atoms with Crippen LogP contribution in [-0.2, 0) is 0 Å². The highest BCUT2D eigenvalue weighted by atomic mass is 16.5. The third kappa shape index (κ3) is 1.96. The van der Waals surface area contributed by atoms with Gasteiger partial charge in [0.25, 0.3) is 0 Å². The Morgan fingerprint density at radius 2 is 2.00 bits per heavy atom. The predicted molar refractivity (Wildman–Crippen MR) is 64.3 cm³/mol. The number of hydrogen-bond acceptors (Lipinski definition) is 4. The van der Waals surface area contributed by atoms with E-state index >= 15 is 0 Å². The summed E-state index contributed by atoms with van der Waals surface area (Å²) in [6.45, 7) is 0. The Hall–Kier alpha value is -1.68. The molecule has 1 aromatic heterocycles. The minimum absolute atomic E-state index is 0.166. The number of benzene rings is 1. The van der Waals surface area contributed by atoms with E-state index in [2.05, 4.69) is 10.1 Å². The molecule has 1 aliphatic rings. The molecular weight excluding hydrogens is 214 g/mol. The Balaban J connectivity index is 1.88. The van der Waals surface area contributed by atoms with Crippen LogP contribution in [-0.4, -0.2) is 16.2 Å². The van der Waals surface area contributed by atoms with E-state index in [9.17, 15) is 0 Å². The zero-order chi connectivity index (χ0) is 11.7. The minimum Gasteiger partial charge on any atom is -0.339 e. The highest BCUT2D eigenvalue weighted by Crippen LogP contribution is 2.33. The largest absolute Gasteiger partial charge is 0.339 e. The second-order valence-electron chi connectivity index (χ2n) is 4.52. The van der Waals surface area contributed by atoms with E-state index in [1.807, 2.05) is 30.3 Å². The quantitative estimate of drug-likeness (QED) is 0.858. The smallest absolute Gasteiger partial charge is 0.231 e. The van der Waals surface area contributed by atoms with E-state index in [1.165, 1.54) is 0 Å². The summed E-state index contributed by atoms with van der Waals surface area (Å²) in [5, 5.41) is 4.02. The van der Waals surface area contributed by atoms with Crippen molar-refractivity contribution in [3.63, 3.8) is 0 Å². The van der Waals surface area contributed by atoms with Crippen molar-refractivity contribution in [1.29, 1.82) is 0 Å². The SMILES string of the molecule is N[C@@H]1CCC[C@@H]1c1nc(-c2ccccc2)no1. The predicted octanol–water partition coefficient (Wildman–Crippen LogP) is 2.33. The number of aromatic nitrogens is 2. The molecule has 1 fully saturated rings. The minimum atomic E-state index is 0.166. The number of rotatable bonds is 2. The molecule has 3 rings (SSSR count). The van der Waals surface area contributed by atoms with E-state index in [0.29, 0.717) is 11.7 Å². The monoisotopic (exact) mass is 229 g/mol. The van der Waals surface area contributed by atoms with Gasteiger partial charge in [-0.25, -0.2) is 0 Å². The molecule has 0 amide bonds. The molecule has 0 saturated heterocycles. The average Bonchev–Trinajstić information content (AvgIpc) is 2.98. The van der Waals surface area contributed by atoms with Crippen LogP contribution >= 0.6 is 0 Å². The molecule has 2 N–H and O–H groups in total. The summed E-state index contributed by atoms with van der Waals surface area (Å²) in [6, 6.07) is 10.0. The molecule has 1 saturated carbocycles. The molecule has 2 atom stereocenters. The second kappa shape index (κ2) is 4.30. The summed E-state index contributed by atoms with van der Waals surface area (Å²) < 4.78 is 5.33. The number of nitrogens with zero attached hydrogens (tertiary/aromatic N) is 2. The zero-order valence-corrected chi connectivity index (χ0v) is 9.54. The van der Waals surface area contributed by atoms with Gasteiger partial charge in [0, 0.05) is 11.6 Å². The third-order valence-corrected chi connectivity index (χ3v) is 3.36. The van der Waals surface area contributed by atoms with Gasteiger partial charge in [0.2, 0.25) is 11.7 Å². The Kier molecular flexibility index (Phi) is 2.65. The van der Waals surface area contributed by atoms with Crippen molar-refractivity contribution in [2.45, 2.75) is 31.2 Å². The molecule has 0 radical (unpaired) electrons. The molecule has 1 heterocycles. The van der Waals surface area contributed by atoms with Crippen molar-refractivity contribution in [1.82, 2.24) is 10.1 Å². The van der Waals surface area contributed by atoms with Crippen LogP contribution in [0.3, 0.4) is 0 Å². The molecule has 4 nitrogen and oxygen atoms in total. The molecule has 0 bridgehead atoms. The van der Waals surface area contributed by atoms with Crippen molar-refractivity contribution in [2.24, 2.45) is 5.73 Å². The van der Waals surface area contributed by atoms with Crippen LogP contribution in [0.25, 0.3) is 11.4 Å². The van der Waals surface area contributed by atoms with Crippen molar-refractivity contribution < 1.29 is 4.52 Å². The van der Waals surface area contributed by atoms with Gasteiger partial charge in [0.1, 0.15) is 0 Å². The Labute approximate surface area is 99.8 Å². The van der Waals surface area contributed by atoms with Crippen LogP contribution in [0, 0.1) is 0 Å². The highest BCUT2D eigenvalue weighted by Gasteiger charge is 2.30. The van der Waals surface area contributed by atoms with Gasteiger partial charge in [0.05, 0.1) is 5.92 Å². The first kappa shape index (κ1) is 10.5. The molecule has 1 aliphatic carbocycles. The van der Waals surface area contributed by atoms with Gasteiger partial charge in [-0.2, -0.15) is 4.98 Å². The van der Waals surface area contributed by atoms with Gasteiger partial charge in [-0.05, 0) is 12.8 Å². The van der Waals surface area contributed by atoms with Crippen LogP contribution in [0.1, 0.15) is 31.1 Å². The summed E-state index contributed by atoms with van der Waals surface area (Å²) in [4.78, 5) is 4.46. The lowest BCUT2D eigenvalue weighted by Crippen LogP contribution is -2.22. The first-order chi connectivity index (χ1) is 8.34. The fourth-order valence-corrected chi connectivity index (χ4v) is 2.39. The topological polar surface area (TPSA) is 64.9 Å². The fourth-order valence-electron chi connectivity index (χ4n) is 2.39. The van der Waals surface area contributed by atoms with E-state index < -0.39 is 0 Å². The molecule has 0 spiro atoms. The van der Waals surface area contributed by atoms with E-state index in [4.69, 9.17) is 10.3 Å². The summed E-state index contributed by atoms with van der Waals surface area (Å²) in [5.74, 6) is 1.58. The fraction of sp³-hybridized carbons (Fsp3) is 0.385. The van der Waals surface area contributed by atoms with Crippen LogP contribution in [0.2, 0.25) is 0 Å². The van der Waals surface area contributed by atoms with E-state index in [0.717, 1.165) is 24.8 Å². The maximum absolute atomic E-state index is 6.03. The van der Waals surface area contributed by atoms with Gasteiger partial charge in [-0.1, -0.05) is 41.9 Å². The molecule has 88 valence electrons. The van der Waals surface area contributed by atoms with Crippen LogP contribution in [0.4, 0.5) is 0 Å². The Morgan fingerprint density at radius 3 is 2.71 bits per heavy atom. The summed E-state index contributed by atoms with van der Waals surface area (Å²) >= 11 is 0. The summed E-state index contributed by atoms with van der Waals surface area (Å²) in [6.07, 6.45) is 3.25. The molecule has 0 unspecified atom stereocenters. The van der Waals surface area contributed by atoms with E-state index in [1.54, 1.807) is 0 Å². The Bertz CT molecular complexity index is 494. The molecule has 17 heavy (non-hydrogen) atoms. The van der Waals surface area contributed by atoms with Gasteiger partial charge >= 0.3 is 0 Å². The molecule has 2 aromatic rings. The van der Waals surface area contributed by atoms with Gasteiger partial charge in [-0.3, -0.25) is 0 Å². The van der Waals surface area contributed by atoms with Crippen LogP contribution in [0.15, 0.2) is 34.9 Å². The number of nitrogens with two attached hydrogens (primary N) is 1. The molecule has 4 heteroatoms. The maximum atomic E-state index is 6.03. The van der Waals surface area contributed by atoms with Crippen molar-refractivity contribution >= 4 is 0 Å². The lowest BCUT2D eigenvalue weighted by molar-refractivity contribution is 0.345. The summed E-state index contributed by atoms with van der Waals surface area (Å²) in [7, 11) is 0. The van der Waals surface area contributed by atoms with Gasteiger partial charge in [0.15, 0.2) is 0 Å². The lowest BCUT2D eigenvalue weighted by Gasteiger charge is -2.08. The van der Waals surface area contributed by atoms with Crippen molar-refractivity contribution in [3.8, 4) is 11.4 Å². The molecule has 1 aromatic carbocycles. The van der Waals surface area contributed by atoms with Crippen LogP contribution in [0.5, 0.6) is 0 Å². The second-order valence-corrected chi connectivity index (χ2v) is 4.52. The summed E-state index contributed by atoms with van der Waals surface area (Å²) in [5.41, 5.74) is 7.01. The highest BCUT2D eigenvalue weighted by molar-refractivity contribution is 5.53. The first-order valence-corrected chi connectivity index (χ1v) is 5.99. The normalized spacial score (nSPS) is 24.1. The average molecular weight is 229 g/mol. The van der Waals surface area contributed by atoms with Gasteiger partial charge < -0.3 is 10.3 Å². The maximum Gasteiger partial charge on any atom is 0.231 e. The Morgan fingerprint density at radius 1 is 1.18 bits per heavy atom. The standard InChI is InChI=1S/C13H15N3O/c14-11-8-4-7-10(11)13-15-12(16-17-13)9-5-2-1-3-6-9/h1-3,5-6,10-11H,4,7-8,14H2/t10-,11+/m0/s1. The van der Waals surface area contributed by atoms with E-state index in [-0.39, 0.29) is 12.0 Å². The van der Waals surface area contributed by atoms with Crippen molar-refractivity contribution in [2.75, 3.05) is 0 Å². The molecular formula is C13H15N3O. The lowest BCUT2D eigenvalue weighted by atomic mass is 10.1. The molecule has 0 aliphatic heterocycles. The zero-order valence-electron chi connectivity index (χ0n) is 9.54.